The van der Waals surface area contributed by atoms with Gasteiger partial charge in [-0.15, -0.1) is 0 Å². The lowest BCUT2D eigenvalue weighted by Crippen LogP contribution is -2.56. The summed E-state index contributed by atoms with van der Waals surface area (Å²) in [6, 6.07) is -3.95. The van der Waals surface area contributed by atoms with Crippen molar-refractivity contribution in [3.8, 4) is 0 Å². The molecule has 33 heavy (non-hydrogen) atoms. The zero-order valence-corrected chi connectivity index (χ0v) is 18.3. The van der Waals surface area contributed by atoms with Gasteiger partial charge in [-0.2, -0.15) is 0 Å². The van der Waals surface area contributed by atoms with Gasteiger partial charge in [0, 0.05) is 6.54 Å². The van der Waals surface area contributed by atoms with Crippen molar-refractivity contribution in [2.75, 3.05) is 19.6 Å². The minimum Gasteiger partial charge on any atom is -0.481 e. The van der Waals surface area contributed by atoms with Crippen LogP contribution in [0.4, 0.5) is 0 Å². The van der Waals surface area contributed by atoms with E-state index in [4.69, 9.17) is 33.1 Å². The molecule has 0 aromatic carbocycles. The summed E-state index contributed by atoms with van der Waals surface area (Å²) in [6.45, 7) is 0.164. The third kappa shape index (κ3) is 13.5. The van der Waals surface area contributed by atoms with Gasteiger partial charge in [0.15, 0.2) is 5.96 Å². The molecule has 0 rings (SSSR count). The van der Waals surface area contributed by atoms with E-state index in [-0.39, 0.29) is 38.3 Å². The van der Waals surface area contributed by atoms with Crippen molar-refractivity contribution < 1.29 is 34.2 Å². The third-order valence-electron chi connectivity index (χ3n) is 4.36. The highest BCUT2D eigenvalue weighted by atomic mass is 16.4. The molecule has 15 heteroatoms. The number of carboxylic acids is 2. The Morgan fingerprint density at radius 3 is 1.82 bits per heavy atom. The molecule has 3 amide bonds. The van der Waals surface area contributed by atoms with E-state index in [1.807, 2.05) is 0 Å². The maximum absolute atomic E-state index is 12.8. The molecule has 0 saturated carbocycles. The maximum Gasteiger partial charge on any atom is 0.326 e. The molecule has 0 fully saturated rings. The fraction of sp³-hybridized carbons (Fsp3) is 0.667. The summed E-state index contributed by atoms with van der Waals surface area (Å²) in [4.78, 5) is 63.1. The number of hydrogen-bond donors (Lipinski definition) is 9. The van der Waals surface area contributed by atoms with Gasteiger partial charge >= 0.3 is 11.9 Å². The van der Waals surface area contributed by atoms with Gasteiger partial charge in [0.05, 0.1) is 13.0 Å². The van der Waals surface area contributed by atoms with Gasteiger partial charge < -0.3 is 49.1 Å². The first-order valence-corrected chi connectivity index (χ1v) is 10.3. The standard InChI is InChI=1S/C18H34N8O7/c19-6-2-1-4-10(24-13(27)9-20)15(30)25-11(5-3-7-23-18(21)22)16(31)26-12(17(32)33)8-14(28)29/h10-12H,1-9,19-20H2,(H,24,27)(H,25,30)(H,26,31)(H,28,29)(H,32,33)(H4,21,22,23). The second-order valence-electron chi connectivity index (χ2n) is 7.12. The molecule has 0 aromatic rings. The Morgan fingerprint density at radius 1 is 0.788 bits per heavy atom. The second kappa shape index (κ2) is 16.2. The molecule has 0 aliphatic carbocycles. The van der Waals surface area contributed by atoms with E-state index in [0.29, 0.717) is 19.4 Å². The van der Waals surface area contributed by atoms with Crippen LogP contribution in [0.3, 0.4) is 0 Å². The molecule has 3 unspecified atom stereocenters. The molecule has 0 aliphatic heterocycles. The Hall–Kier alpha value is -3.46. The number of carbonyl (C=O) groups is 5. The lowest BCUT2D eigenvalue weighted by molar-refractivity contribution is -0.147. The van der Waals surface area contributed by atoms with E-state index >= 15 is 0 Å². The molecule has 0 radical (unpaired) electrons. The normalized spacial score (nSPS) is 13.2. The number of nitrogens with zero attached hydrogens (tertiary/aromatic N) is 1. The fourth-order valence-electron chi connectivity index (χ4n) is 2.71. The SMILES string of the molecule is NCCCCC(NC(=O)CN)C(=O)NC(CCCN=C(N)N)C(=O)NC(CC(=O)O)C(=O)O. The lowest BCUT2D eigenvalue weighted by atomic mass is 10.1. The summed E-state index contributed by atoms with van der Waals surface area (Å²) in [5.74, 6) is -5.33. The fourth-order valence-corrected chi connectivity index (χ4v) is 2.71. The van der Waals surface area contributed by atoms with Gasteiger partial charge in [0.25, 0.3) is 0 Å². The maximum atomic E-state index is 12.8. The first kappa shape index (κ1) is 29.5. The van der Waals surface area contributed by atoms with Crippen LogP contribution in [0.5, 0.6) is 0 Å². The Morgan fingerprint density at radius 2 is 1.33 bits per heavy atom. The number of aliphatic imine (C=N–C) groups is 1. The van der Waals surface area contributed by atoms with Crippen molar-refractivity contribution in [1.82, 2.24) is 16.0 Å². The molecule has 0 aliphatic rings. The molecular formula is C18H34N8O7. The van der Waals surface area contributed by atoms with Gasteiger partial charge in [-0.05, 0) is 38.6 Å². The van der Waals surface area contributed by atoms with E-state index < -0.39 is 54.2 Å². The number of hydrogen-bond acceptors (Lipinski definition) is 8. The van der Waals surface area contributed by atoms with Gasteiger partial charge in [-0.25, -0.2) is 4.79 Å². The largest absolute Gasteiger partial charge is 0.481 e. The van der Waals surface area contributed by atoms with E-state index in [9.17, 15) is 24.0 Å². The Labute approximate surface area is 190 Å². The molecule has 3 atom stereocenters. The number of aliphatic carboxylic acids is 2. The summed E-state index contributed by atoms with van der Waals surface area (Å²) in [6.07, 6.45) is 0.729. The number of nitrogens with two attached hydrogens (primary N) is 4. The molecule has 188 valence electrons. The van der Waals surface area contributed by atoms with E-state index in [0.717, 1.165) is 0 Å². The predicted molar refractivity (Wildman–Crippen MR) is 118 cm³/mol. The van der Waals surface area contributed by atoms with Crippen molar-refractivity contribution in [3.63, 3.8) is 0 Å². The molecule has 0 bridgehead atoms. The van der Waals surface area contributed by atoms with Crippen LogP contribution in [0.25, 0.3) is 0 Å². The Kier molecular flexibility index (Phi) is 14.5. The lowest BCUT2D eigenvalue weighted by Gasteiger charge is -2.24. The van der Waals surface area contributed by atoms with E-state index in [1.165, 1.54) is 0 Å². The van der Waals surface area contributed by atoms with Crippen LogP contribution < -0.4 is 38.9 Å². The van der Waals surface area contributed by atoms with Crippen molar-refractivity contribution in [2.24, 2.45) is 27.9 Å². The van der Waals surface area contributed by atoms with Gasteiger partial charge in [0.1, 0.15) is 18.1 Å². The summed E-state index contributed by atoms with van der Waals surface area (Å²) < 4.78 is 0. The minimum absolute atomic E-state index is 0.00805. The topological polar surface area (TPSA) is 278 Å². The van der Waals surface area contributed by atoms with Crippen molar-refractivity contribution in [1.29, 1.82) is 0 Å². The second-order valence-corrected chi connectivity index (χ2v) is 7.12. The number of amides is 3. The average Bonchev–Trinajstić information content (AvgIpc) is 2.73. The Bertz CT molecular complexity index is 712. The van der Waals surface area contributed by atoms with Crippen molar-refractivity contribution in [3.05, 3.63) is 0 Å². The minimum atomic E-state index is -1.70. The smallest absolute Gasteiger partial charge is 0.326 e. The monoisotopic (exact) mass is 474 g/mol. The van der Waals surface area contributed by atoms with Crippen molar-refractivity contribution in [2.45, 2.75) is 56.7 Å². The van der Waals surface area contributed by atoms with Crippen molar-refractivity contribution >= 4 is 35.6 Å². The summed E-state index contributed by atoms with van der Waals surface area (Å²) in [5, 5.41) is 25.1. The van der Waals surface area contributed by atoms with Crippen LogP contribution in [0.2, 0.25) is 0 Å². The highest BCUT2D eigenvalue weighted by Gasteiger charge is 2.30. The number of carbonyl (C=O) groups excluding carboxylic acids is 3. The third-order valence-corrected chi connectivity index (χ3v) is 4.36. The molecule has 0 aromatic heterocycles. The first-order chi connectivity index (χ1) is 15.5. The highest BCUT2D eigenvalue weighted by Crippen LogP contribution is 2.05. The summed E-state index contributed by atoms with van der Waals surface area (Å²) in [5.41, 5.74) is 21.2. The van der Waals surface area contributed by atoms with Gasteiger partial charge in [-0.3, -0.25) is 24.2 Å². The molecule has 15 nitrogen and oxygen atoms in total. The first-order valence-electron chi connectivity index (χ1n) is 10.3. The molecule has 0 saturated heterocycles. The number of carboxylic acid groups (broad SMARTS) is 2. The van der Waals surface area contributed by atoms with E-state index in [2.05, 4.69) is 20.9 Å². The van der Waals surface area contributed by atoms with Crippen LogP contribution in [0.15, 0.2) is 4.99 Å². The molecule has 13 N–H and O–H groups in total. The molecule has 0 spiro atoms. The van der Waals surface area contributed by atoms with Crippen LogP contribution >= 0.6 is 0 Å². The number of nitrogens with one attached hydrogen (secondary N) is 3. The number of guanidine groups is 1. The summed E-state index contributed by atoms with van der Waals surface area (Å²) in [7, 11) is 0. The van der Waals surface area contributed by atoms with Crippen LogP contribution in [-0.2, 0) is 24.0 Å². The van der Waals surface area contributed by atoms with E-state index in [1.54, 1.807) is 0 Å². The Balaban J connectivity index is 5.47. The zero-order valence-electron chi connectivity index (χ0n) is 18.3. The molecular weight excluding hydrogens is 440 g/mol. The van der Waals surface area contributed by atoms with Crippen LogP contribution in [-0.4, -0.2) is 83.6 Å². The highest BCUT2D eigenvalue weighted by molar-refractivity contribution is 5.94. The van der Waals surface area contributed by atoms with Crippen LogP contribution in [0, 0.1) is 0 Å². The number of rotatable bonds is 17. The average molecular weight is 475 g/mol. The zero-order chi connectivity index (χ0) is 25.4. The van der Waals surface area contributed by atoms with Gasteiger partial charge in [0.2, 0.25) is 17.7 Å². The summed E-state index contributed by atoms with van der Waals surface area (Å²) >= 11 is 0. The predicted octanol–water partition coefficient (Wildman–Crippen LogP) is -3.86. The van der Waals surface area contributed by atoms with Crippen LogP contribution in [0.1, 0.15) is 38.5 Å². The number of unbranched alkanes of at least 4 members (excludes halogenated alkanes) is 1. The van der Waals surface area contributed by atoms with Gasteiger partial charge in [-0.1, -0.05) is 0 Å². The quantitative estimate of drug-likeness (QED) is 0.0558. The molecule has 0 heterocycles.